The van der Waals surface area contributed by atoms with Crippen LogP contribution in [0, 0.1) is 0 Å². The summed E-state index contributed by atoms with van der Waals surface area (Å²) in [6.07, 6.45) is 1.17. The Labute approximate surface area is 156 Å². The van der Waals surface area contributed by atoms with E-state index in [1.54, 1.807) is 36.4 Å². The molecule has 3 aromatic rings. The Kier molecular flexibility index (Phi) is 5.06. The van der Waals surface area contributed by atoms with Gasteiger partial charge in [0.2, 0.25) is 21.4 Å². The molecule has 140 valence electrons. The molecule has 9 heteroatoms. The van der Waals surface area contributed by atoms with Crippen LogP contribution in [0.2, 0.25) is 0 Å². The lowest BCUT2D eigenvalue weighted by atomic mass is 10.2. The average Bonchev–Trinajstić information content (AvgIpc) is 2.64. The monoisotopic (exact) mass is 386 g/mol. The maximum atomic E-state index is 12.4. The first-order chi connectivity index (χ1) is 12.8. The molecule has 3 rings (SSSR count). The number of nitrogens with one attached hydrogen (secondary N) is 1. The highest BCUT2D eigenvalue weighted by atomic mass is 32.2. The summed E-state index contributed by atoms with van der Waals surface area (Å²) in [5, 5.41) is 7.14. The van der Waals surface area contributed by atoms with E-state index < -0.39 is 15.9 Å². The van der Waals surface area contributed by atoms with Gasteiger partial charge in [0, 0.05) is 25.2 Å². The molecule has 0 aliphatic rings. The summed E-state index contributed by atoms with van der Waals surface area (Å²) in [7, 11) is -0.722. The second-order valence-corrected chi connectivity index (χ2v) is 8.20. The maximum Gasteiger partial charge on any atom is 0.246 e. The molecule has 0 unspecified atom stereocenters. The van der Waals surface area contributed by atoms with Gasteiger partial charge in [-0.15, -0.1) is 0 Å². The van der Waals surface area contributed by atoms with Crippen molar-refractivity contribution in [1.82, 2.24) is 14.1 Å². The summed E-state index contributed by atoms with van der Waals surface area (Å²) in [5.74, 6) is -0.393. The number of hydrogen-bond donors (Lipinski definition) is 1. The zero-order valence-electron chi connectivity index (χ0n) is 14.8. The first-order valence-electron chi connectivity index (χ1n) is 8.06. The molecule has 2 aromatic carbocycles. The normalized spacial score (nSPS) is 11.7. The number of aromatic nitrogens is 2. The second kappa shape index (κ2) is 7.29. The lowest BCUT2D eigenvalue weighted by molar-refractivity contribution is -0.116. The molecule has 1 amide bonds. The van der Waals surface area contributed by atoms with Crippen molar-refractivity contribution < 1.29 is 13.2 Å². The van der Waals surface area contributed by atoms with Gasteiger partial charge in [0.15, 0.2) is 0 Å². The summed E-state index contributed by atoms with van der Waals surface area (Å²) in [6, 6.07) is 12.9. The molecule has 1 N–H and O–H groups in total. The van der Waals surface area contributed by atoms with Crippen LogP contribution >= 0.6 is 0 Å². The number of amides is 1. The Balaban J connectivity index is 1.84. The van der Waals surface area contributed by atoms with E-state index >= 15 is 0 Å². The fraction of sp³-hybridized carbons (Fsp3) is 0.167. The van der Waals surface area contributed by atoms with Crippen LogP contribution in [-0.4, -0.2) is 42.5 Å². The Hall–Kier alpha value is -3.04. The van der Waals surface area contributed by atoms with E-state index in [2.05, 4.69) is 10.4 Å². The number of hydrogen-bond acceptors (Lipinski definition) is 5. The third-order valence-corrected chi connectivity index (χ3v) is 5.76. The number of para-hydroxylation sites is 1. The van der Waals surface area contributed by atoms with E-state index in [0.29, 0.717) is 16.6 Å². The molecule has 0 bridgehead atoms. The highest BCUT2D eigenvalue weighted by Crippen LogP contribution is 2.18. The number of fused-ring (bicyclic) bond motifs is 1. The summed E-state index contributed by atoms with van der Waals surface area (Å²) < 4.78 is 26.9. The molecule has 8 nitrogen and oxygen atoms in total. The van der Waals surface area contributed by atoms with Gasteiger partial charge in [0.1, 0.15) is 6.54 Å². The van der Waals surface area contributed by atoms with Crippen molar-refractivity contribution in [3.8, 4) is 0 Å². The largest absolute Gasteiger partial charge is 0.324 e. The molecule has 0 saturated carbocycles. The molecule has 27 heavy (non-hydrogen) atoms. The first kappa shape index (κ1) is 18.7. The number of benzene rings is 2. The van der Waals surface area contributed by atoms with E-state index in [1.807, 2.05) is 0 Å². The van der Waals surface area contributed by atoms with Crippen LogP contribution in [0.15, 0.2) is 64.4 Å². The minimum absolute atomic E-state index is 0.0808. The van der Waals surface area contributed by atoms with E-state index in [1.165, 1.54) is 37.1 Å². The molecule has 0 fully saturated rings. The number of carbonyl (C=O) groups excluding carboxylic acids is 1. The Morgan fingerprint density at radius 2 is 1.89 bits per heavy atom. The zero-order chi connectivity index (χ0) is 19.6. The highest BCUT2D eigenvalue weighted by Gasteiger charge is 2.17. The van der Waals surface area contributed by atoms with E-state index in [0.717, 1.165) is 4.31 Å². The number of nitrogens with zero attached hydrogens (tertiary/aromatic N) is 3. The van der Waals surface area contributed by atoms with Crippen molar-refractivity contribution >= 4 is 32.5 Å². The van der Waals surface area contributed by atoms with Crippen LogP contribution < -0.4 is 10.7 Å². The summed E-state index contributed by atoms with van der Waals surface area (Å²) in [5.41, 5.74) is 0.682. The van der Waals surface area contributed by atoms with Gasteiger partial charge >= 0.3 is 0 Å². The van der Waals surface area contributed by atoms with Crippen LogP contribution in [0.5, 0.6) is 0 Å². The molecular weight excluding hydrogens is 368 g/mol. The summed E-state index contributed by atoms with van der Waals surface area (Å²) in [6.45, 7) is -0.120. The van der Waals surface area contributed by atoms with Crippen LogP contribution in [-0.2, 0) is 21.4 Å². The lowest BCUT2D eigenvalue weighted by Gasteiger charge is -2.13. The number of carbonyl (C=O) groups is 1. The van der Waals surface area contributed by atoms with E-state index in [-0.39, 0.29) is 16.9 Å². The minimum atomic E-state index is -3.60. The van der Waals surface area contributed by atoms with Crippen LogP contribution in [0.1, 0.15) is 0 Å². The Bertz CT molecular complexity index is 1170. The standard InChI is InChI=1S/C18H18N4O4S/c1-21(2)27(25,26)14-7-5-6-13(10-14)20-18(24)12-22-16-9-4-3-8-15(16)17(23)11-19-22/h3-11H,12H2,1-2H3,(H,20,24). The Morgan fingerprint density at radius 1 is 1.15 bits per heavy atom. The molecular formula is C18H18N4O4S. The SMILES string of the molecule is CN(C)S(=O)(=O)c1cccc(NC(=O)Cn2ncc(=O)c3ccccc32)c1. The zero-order valence-corrected chi connectivity index (χ0v) is 15.6. The average molecular weight is 386 g/mol. The molecule has 1 aromatic heterocycles. The molecule has 0 aliphatic carbocycles. The van der Waals surface area contributed by atoms with Gasteiger partial charge in [-0.25, -0.2) is 12.7 Å². The number of anilines is 1. The van der Waals surface area contributed by atoms with Crippen LogP contribution in [0.25, 0.3) is 10.9 Å². The quantitative estimate of drug-likeness (QED) is 0.712. The van der Waals surface area contributed by atoms with Gasteiger partial charge in [0.05, 0.1) is 16.6 Å². The summed E-state index contributed by atoms with van der Waals surface area (Å²) >= 11 is 0. The van der Waals surface area contributed by atoms with E-state index in [9.17, 15) is 18.0 Å². The predicted molar refractivity (Wildman–Crippen MR) is 102 cm³/mol. The van der Waals surface area contributed by atoms with Crippen molar-refractivity contribution in [1.29, 1.82) is 0 Å². The predicted octanol–water partition coefficient (Wildman–Crippen LogP) is 1.29. The minimum Gasteiger partial charge on any atom is -0.324 e. The third kappa shape index (κ3) is 3.88. The van der Waals surface area contributed by atoms with Crippen molar-refractivity contribution in [2.75, 3.05) is 19.4 Å². The smallest absolute Gasteiger partial charge is 0.246 e. The van der Waals surface area contributed by atoms with Crippen LogP contribution in [0.3, 0.4) is 0 Å². The second-order valence-electron chi connectivity index (χ2n) is 6.05. The van der Waals surface area contributed by atoms with Crippen molar-refractivity contribution in [2.45, 2.75) is 11.4 Å². The van der Waals surface area contributed by atoms with Crippen LogP contribution in [0.4, 0.5) is 5.69 Å². The topological polar surface area (TPSA) is 101 Å². The van der Waals surface area contributed by atoms with Crippen molar-refractivity contribution in [3.05, 3.63) is 65.0 Å². The number of sulfonamides is 1. The highest BCUT2D eigenvalue weighted by molar-refractivity contribution is 7.89. The summed E-state index contributed by atoms with van der Waals surface area (Å²) in [4.78, 5) is 24.3. The fourth-order valence-electron chi connectivity index (χ4n) is 2.57. The molecule has 0 spiro atoms. The third-order valence-electron chi connectivity index (χ3n) is 3.95. The van der Waals surface area contributed by atoms with Crippen molar-refractivity contribution in [3.63, 3.8) is 0 Å². The fourth-order valence-corrected chi connectivity index (χ4v) is 3.52. The molecule has 0 aliphatic heterocycles. The molecule has 1 heterocycles. The van der Waals surface area contributed by atoms with Gasteiger partial charge < -0.3 is 5.32 Å². The molecule has 0 radical (unpaired) electrons. The van der Waals surface area contributed by atoms with Gasteiger partial charge in [-0.1, -0.05) is 18.2 Å². The van der Waals surface area contributed by atoms with Gasteiger partial charge in [0.25, 0.3) is 0 Å². The van der Waals surface area contributed by atoms with Crippen molar-refractivity contribution in [2.24, 2.45) is 0 Å². The molecule has 0 atom stereocenters. The lowest BCUT2D eigenvalue weighted by Crippen LogP contribution is -2.24. The van der Waals surface area contributed by atoms with E-state index in [4.69, 9.17) is 0 Å². The number of rotatable bonds is 5. The first-order valence-corrected chi connectivity index (χ1v) is 9.50. The Morgan fingerprint density at radius 3 is 2.63 bits per heavy atom. The molecule has 0 saturated heterocycles. The van der Waals surface area contributed by atoms with Gasteiger partial charge in [-0.05, 0) is 30.3 Å². The van der Waals surface area contributed by atoms with Gasteiger partial charge in [-0.2, -0.15) is 5.10 Å². The maximum absolute atomic E-state index is 12.4. The van der Waals surface area contributed by atoms with Gasteiger partial charge in [-0.3, -0.25) is 14.3 Å².